The summed E-state index contributed by atoms with van der Waals surface area (Å²) in [5.41, 5.74) is 2.90. The highest BCUT2D eigenvalue weighted by Crippen LogP contribution is 2.22. The van der Waals surface area contributed by atoms with Gasteiger partial charge in [0, 0.05) is 23.4 Å². The zero-order chi connectivity index (χ0) is 14.5. The monoisotopic (exact) mass is 288 g/mol. The number of ketones is 1. The van der Waals surface area contributed by atoms with Gasteiger partial charge in [-0.3, -0.25) is 4.79 Å². The summed E-state index contributed by atoms with van der Waals surface area (Å²) in [4.78, 5) is 12.2. The Labute approximate surface area is 124 Å². The molecule has 0 fully saturated rings. The van der Waals surface area contributed by atoms with Crippen molar-refractivity contribution >= 4 is 17.4 Å². The molecule has 0 heterocycles. The summed E-state index contributed by atoms with van der Waals surface area (Å²) in [6.45, 7) is 2.00. The minimum absolute atomic E-state index is 0.127. The van der Waals surface area contributed by atoms with Gasteiger partial charge in [-0.15, -0.1) is 0 Å². The highest BCUT2D eigenvalue weighted by Gasteiger charge is 2.11. The molecule has 20 heavy (non-hydrogen) atoms. The zero-order valence-electron chi connectivity index (χ0n) is 11.7. The van der Waals surface area contributed by atoms with E-state index in [1.807, 2.05) is 43.3 Å². The number of ether oxygens (including phenoxy) is 1. The maximum absolute atomic E-state index is 12.2. The van der Waals surface area contributed by atoms with Crippen molar-refractivity contribution in [3.63, 3.8) is 0 Å². The van der Waals surface area contributed by atoms with Crippen LogP contribution in [0.15, 0.2) is 42.5 Å². The summed E-state index contributed by atoms with van der Waals surface area (Å²) in [7, 11) is 1.62. The lowest BCUT2D eigenvalue weighted by Crippen LogP contribution is -2.08. The minimum atomic E-state index is 0.127. The van der Waals surface area contributed by atoms with Crippen LogP contribution in [0.25, 0.3) is 0 Å². The molecule has 0 saturated carbocycles. The molecule has 0 saturated heterocycles. The van der Waals surface area contributed by atoms with E-state index in [-0.39, 0.29) is 5.78 Å². The zero-order valence-corrected chi connectivity index (χ0v) is 12.4. The van der Waals surface area contributed by atoms with Crippen molar-refractivity contribution in [1.29, 1.82) is 0 Å². The lowest BCUT2D eigenvalue weighted by molar-refractivity contribution is -0.117. The predicted octanol–water partition coefficient (Wildman–Crippen LogP) is 4.01. The number of carbonyl (C=O) groups is 1. The molecule has 104 valence electrons. The number of hydrogen-bond donors (Lipinski definition) is 0. The van der Waals surface area contributed by atoms with Crippen LogP contribution >= 0.6 is 11.6 Å². The van der Waals surface area contributed by atoms with Gasteiger partial charge in [-0.25, -0.2) is 0 Å². The van der Waals surface area contributed by atoms with Crippen LogP contribution in [0.2, 0.25) is 5.02 Å². The Bertz CT molecular complexity index is 620. The van der Waals surface area contributed by atoms with E-state index < -0.39 is 0 Å². The summed E-state index contributed by atoms with van der Waals surface area (Å²) in [6, 6.07) is 13.3. The van der Waals surface area contributed by atoms with Gasteiger partial charge < -0.3 is 4.74 Å². The largest absolute Gasteiger partial charge is 0.496 e. The lowest BCUT2D eigenvalue weighted by Gasteiger charge is -2.09. The Morgan fingerprint density at radius 1 is 1.10 bits per heavy atom. The molecule has 0 N–H and O–H groups in total. The van der Waals surface area contributed by atoms with Crippen molar-refractivity contribution in [3.8, 4) is 5.75 Å². The van der Waals surface area contributed by atoms with E-state index in [0.29, 0.717) is 17.9 Å². The lowest BCUT2D eigenvalue weighted by atomic mass is 10.0. The highest BCUT2D eigenvalue weighted by atomic mass is 35.5. The van der Waals surface area contributed by atoms with Crippen LogP contribution in [-0.2, 0) is 17.6 Å². The number of halogens is 1. The summed E-state index contributed by atoms with van der Waals surface area (Å²) >= 11 is 6.08. The topological polar surface area (TPSA) is 26.3 Å². The molecular formula is C17H17ClO2. The molecule has 0 unspecified atom stereocenters. The second kappa shape index (κ2) is 6.58. The first-order chi connectivity index (χ1) is 9.60. The van der Waals surface area contributed by atoms with Crippen LogP contribution in [0.5, 0.6) is 5.75 Å². The molecule has 2 rings (SSSR count). The third-order valence-corrected chi connectivity index (χ3v) is 3.54. The second-order valence-corrected chi connectivity index (χ2v) is 5.21. The van der Waals surface area contributed by atoms with E-state index in [0.717, 1.165) is 22.4 Å². The third kappa shape index (κ3) is 3.61. The minimum Gasteiger partial charge on any atom is -0.496 e. The summed E-state index contributed by atoms with van der Waals surface area (Å²) in [5, 5.41) is 0.636. The molecule has 0 aromatic heterocycles. The fourth-order valence-electron chi connectivity index (χ4n) is 2.17. The van der Waals surface area contributed by atoms with Gasteiger partial charge in [0.05, 0.1) is 7.11 Å². The number of benzene rings is 2. The molecule has 0 radical (unpaired) electrons. The van der Waals surface area contributed by atoms with Crippen molar-refractivity contribution in [1.82, 2.24) is 0 Å². The van der Waals surface area contributed by atoms with Crippen LogP contribution < -0.4 is 4.74 Å². The van der Waals surface area contributed by atoms with Crippen LogP contribution in [-0.4, -0.2) is 12.9 Å². The van der Waals surface area contributed by atoms with Gasteiger partial charge in [0.25, 0.3) is 0 Å². The summed E-state index contributed by atoms with van der Waals surface area (Å²) in [6.07, 6.45) is 0.701. The van der Waals surface area contributed by atoms with Crippen molar-refractivity contribution < 1.29 is 9.53 Å². The molecule has 0 aliphatic carbocycles. The van der Waals surface area contributed by atoms with E-state index in [1.165, 1.54) is 0 Å². The van der Waals surface area contributed by atoms with Crippen LogP contribution in [0.1, 0.15) is 16.7 Å². The number of Topliss-reactive ketones (excluding diaryl/α,β-unsaturated/α-hetero) is 1. The van der Waals surface area contributed by atoms with Gasteiger partial charge in [0.2, 0.25) is 0 Å². The number of methoxy groups -OCH3 is 1. The van der Waals surface area contributed by atoms with Gasteiger partial charge in [0.15, 0.2) is 0 Å². The van der Waals surface area contributed by atoms with Gasteiger partial charge in [-0.2, -0.15) is 0 Å². The Kier molecular flexibility index (Phi) is 4.80. The van der Waals surface area contributed by atoms with Crippen LogP contribution in [0.4, 0.5) is 0 Å². The maximum Gasteiger partial charge on any atom is 0.141 e. The Morgan fingerprint density at radius 3 is 2.50 bits per heavy atom. The van der Waals surface area contributed by atoms with E-state index in [1.54, 1.807) is 13.2 Å². The van der Waals surface area contributed by atoms with Gasteiger partial charge >= 0.3 is 0 Å². The SMILES string of the molecule is COc1ccc(C)cc1CC(=O)Cc1ccccc1Cl. The van der Waals surface area contributed by atoms with E-state index in [9.17, 15) is 4.79 Å². The highest BCUT2D eigenvalue weighted by molar-refractivity contribution is 6.31. The quantitative estimate of drug-likeness (QED) is 0.831. The van der Waals surface area contributed by atoms with Crippen molar-refractivity contribution in [3.05, 3.63) is 64.2 Å². The molecule has 2 aromatic rings. The van der Waals surface area contributed by atoms with Crippen molar-refractivity contribution in [2.24, 2.45) is 0 Å². The first-order valence-corrected chi connectivity index (χ1v) is 6.86. The molecule has 0 spiro atoms. The molecule has 0 atom stereocenters. The Hall–Kier alpha value is -1.80. The van der Waals surface area contributed by atoms with Crippen molar-refractivity contribution in [2.45, 2.75) is 19.8 Å². The smallest absolute Gasteiger partial charge is 0.141 e. The third-order valence-electron chi connectivity index (χ3n) is 3.17. The fraction of sp³-hybridized carbons (Fsp3) is 0.235. The number of aryl methyl sites for hydroxylation is 1. The predicted molar refractivity (Wildman–Crippen MR) is 81.6 cm³/mol. The normalized spacial score (nSPS) is 10.3. The average Bonchev–Trinajstić information content (AvgIpc) is 2.41. The van der Waals surface area contributed by atoms with E-state index in [2.05, 4.69) is 0 Å². The molecule has 2 nitrogen and oxygen atoms in total. The van der Waals surface area contributed by atoms with Crippen LogP contribution in [0, 0.1) is 6.92 Å². The van der Waals surface area contributed by atoms with Gasteiger partial charge in [0.1, 0.15) is 11.5 Å². The Balaban J connectivity index is 2.12. The van der Waals surface area contributed by atoms with Crippen molar-refractivity contribution in [2.75, 3.05) is 7.11 Å². The maximum atomic E-state index is 12.2. The molecule has 0 amide bonds. The first kappa shape index (κ1) is 14.6. The molecule has 0 aliphatic heterocycles. The average molecular weight is 289 g/mol. The number of rotatable bonds is 5. The molecule has 2 aromatic carbocycles. The standard InChI is InChI=1S/C17H17ClO2/c1-12-7-8-17(20-2)14(9-12)11-15(19)10-13-5-3-4-6-16(13)18/h3-9H,10-11H2,1-2H3. The second-order valence-electron chi connectivity index (χ2n) is 4.80. The van der Waals surface area contributed by atoms with Crippen LogP contribution in [0.3, 0.4) is 0 Å². The fourth-order valence-corrected chi connectivity index (χ4v) is 2.38. The molecule has 0 aliphatic rings. The van der Waals surface area contributed by atoms with E-state index >= 15 is 0 Å². The number of hydrogen-bond acceptors (Lipinski definition) is 2. The Morgan fingerprint density at radius 2 is 1.80 bits per heavy atom. The molecule has 0 bridgehead atoms. The van der Waals surface area contributed by atoms with Gasteiger partial charge in [-0.1, -0.05) is 47.5 Å². The number of carbonyl (C=O) groups excluding carboxylic acids is 1. The van der Waals surface area contributed by atoms with Gasteiger partial charge in [-0.05, 0) is 24.6 Å². The summed E-state index contributed by atoms with van der Waals surface area (Å²) in [5.74, 6) is 0.880. The molecular weight excluding hydrogens is 272 g/mol. The van der Waals surface area contributed by atoms with E-state index in [4.69, 9.17) is 16.3 Å². The summed E-state index contributed by atoms with van der Waals surface area (Å²) < 4.78 is 5.30. The molecule has 3 heteroatoms. The first-order valence-electron chi connectivity index (χ1n) is 6.49.